The van der Waals surface area contributed by atoms with E-state index in [1.807, 2.05) is 31.4 Å². The van der Waals surface area contributed by atoms with E-state index in [1.165, 1.54) is 6.42 Å². The minimum Gasteiger partial charge on any atom is -0.383 e. The lowest BCUT2D eigenvalue weighted by atomic mass is 9.96. The predicted octanol–water partition coefficient (Wildman–Crippen LogP) is 3.11. The molecule has 1 saturated heterocycles. The van der Waals surface area contributed by atoms with E-state index < -0.39 is 0 Å². The molecule has 0 aliphatic carbocycles. The summed E-state index contributed by atoms with van der Waals surface area (Å²) < 4.78 is 5.53. The maximum absolute atomic E-state index is 6.11. The lowest BCUT2D eigenvalue weighted by Crippen LogP contribution is -2.45. The summed E-state index contributed by atoms with van der Waals surface area (Å²) in [5.74, 6) is 0.665. The van der Waals surface area contributed by atoms with E-state index in [1.54, 1.807) is 0 Å². The van der Waals surface area contributed by atoms with Crippen molar-refractivity contribution in [2.75, 3.05) is 38.6 Å². The molecule has 1 aliphatic rings. The number of rotatable bonds is 5. The van der Waals surface area contributed by atoms with Gasteiger partial charge >= 0.3 is 0 Å². The number of hydrogen-bond acceptors (Lipinski definition) is 3. The van der Waals surface area contributed by atoms with E-state index >= 15 is 0 Å². The van der Waals surface area contributed by atoms with Crippen LogP contribution in [0.1, 0.15) is 13.3 Å². The van der Waals surface area contributed by atoms with Gasteiger partial charge in [0.2, 0.25) is 0 Å². The highest BCUT2D eigenvalue weighted by Crippen LogP contribution is 2.21. The highest BCUT2D eigenvalue weighted by Gasteiger charge is 2.25. The summed E-state index contributed by atoms with van der Waals surface area (Å²) in [6, 6.07) is 7.87. The standard InChI is InChI=1S/C15H23ClN2O/c1-12-7-9-18(11-15(12)19-2)10-8-17-14-6-4-3-5-13(14)16/h3-6,12,15,17H,7-11H2,1-2H3. The van der Waals surface area contributed by atoms with Crippen molar-refractivity contribution in [2.45, 2.75) is 19.4 Å². The fourth-order valence-electron chi connectivity index (χ4n) is 2.56. The third-order valence-corrected chi connectivity index (χ3v) is 4.22. The summed E-state index contributed by atoms with van der Waals surface area (Å²) in [7, 11) is 1.81. The van der Waals surface area contributed by atoms with Crippen LogP contribution in [0.25, 0.3) is 0 Å². The second kappa shape index (κ2) is 7.13. The number of likely N-dealkylation sites (tertiary alicyclic amines) is 1. The lowest BCUT2D eigenvalue weighted by molar-refractivity contribution is -0.00357. The molecule has 1 N–H and O–H groups in total. The Balaban J connectivity index is 1.76. The van der Waals surface area contributed by atoms with Crippen LogP contribution < -0.4 is 5.32 Å². The summed E-state index contributed by atoms with van der Waals surface area (Å²) in [6.07, 6.45) is 1.58. The normalized spacial score (nSPS) is 24.4. The van der Waals surface area contributed by atoms with Crippen molar-refractivity contribution < 1.29 is 4.74 Å². The van der Waals surface area contributed by atoms with Gasteiger partial charge in [0, 0.05) is 26.7 Å². The number of nitrogens with one attached hydrogen (secondary N) is 1. The zero-order valence-corrected chi connectivity index (χ0v) is 12.5. The third-order valence-electron chi connectivity index (χ3n) is 3.89. The van der Waals surface area contributed by atoms with Crippen molar-refractivity contribution in [1.29, 1.82) is 0 Å². The maximum Gasteiger partial charge on any atom is 0.0724 e. The van der Waals surface area contributed by atoms with Crippen molar-refractivity contribution in [3.05, 3.63) is 29.3 Å². The molecule has 3 nitrogen and oxygen atoms in total. The van der Waals surface area contributed by atoms with Crippen LogP contribution in [0, 0.1) is 5.92 Å². The Morgan fingerprint density at radius 1 is 1.42 bits per heavy atom. The lowest BCUT2D eigenvalue weighted by Gasteiger charge is -2.36. The quantitative estimate of drug-likeness (QED) is 0.898. The molecule has 0 aromatic heterocycles. The molecule has 0 spiro atoms. The van der Waals surface area contributed by atoms with E-state index in [0.29, 0.717) is 12.0 Å². The van der Waals surface area contributed by atoms with Gasteiger partial charge in [-0.25, -0.2) is 0 Å². The van der Waals surface area contributed by atoms with Gasteiger partial charge in [-0.1, -0.05) is 30.7 Å². The maximum atomic E-state index is 6.11. The van der Waals surface area contributed by atoms with E-state index in [-0.39, 0.29) is 0 Å². The minimum absolute atomic E-state index is 0.370. The van der Waals surface area contributed by atoms with E-state index in [4.69, 9.17) is 16.3 Å². The molecule has 2 atom stereocenters. The van der Waals surface area contributed by atoms with Crippen LogP contribution in [0.15, 0.2) is 24.3 Å². The number of para-hydroxylation sites is 1. The molecule has 106 valence electrons. The molecule has 1 aromatic carbocycles. The molecule has 1 aliphatic heterocycles. The Morgan fingerprint density at radius 3 is 2.95 bits per heavy atom. The van der Waals surface area contributed by atoms with Crippen molar-refractivity contribution in [3.63, 3.8) is 0 Å². The highest BCUT2D eigenvalue weighted by atomic mass is 35.5. The molecular weight excluding hydrogens is 260 g/mol. The summed E-state index contributed by atoms with van der Waals surface area (Å²) in [5, 5.41) is 4.17. The number of benzene rings is 1. The fraction of sp³-hybridized carbons (Fsp3) is 0.600. The van der Waals surface area contributed by atoms with Gasteiger partial charge in [0.05, 0.1) is 16.8 Å². The number of ether oxygens (including phenoxy) is 1. The first-order chi connectivity index (χ1) is 9.20. The smallest absolute Gasteiger partial charge is 0.0724 e. The Hall–Kier alpha value is -0.770. The molecule has 1 aromatic rings. The molecule has 1 fully saturated rings. The summed E-state index contributed by atoms with van der Waals surface area (Å²) in [4.78, 5) is 2.46. The molecule has 0 amide bonds. The molecule has 0 radical (unpaired) electrons. The fourth-order valence-corrected chi connectivity index (χ4v) is 2.76. The van der Waals surface area contributed by atoms with Gasteiger partial charge in [-0.2, -0.15) is 0 Å². The van der Waals surface area contributed by atoms with Gasteiger partial charge in [-0.05, 0) is 31.0 Å². The monoisotopic (exact) mass is 282 g/mol. The Morgan fingerprint density at radius 2 is 2.21 bits per heavy atom. The van der Waals surface area contributed by atoms with Gasteiger partial charge in [-0.15, -0.1) is 0 Å². The van der Waals surface area contributed by atoms with Crippen LogP contribution in [0.3, 0.4) is 0 Å². The average Bonchev–Trinajstić information content (AvgIpc) is 2.43. The zero-order valence-electron chi connectivity index (χ0n) is 11.7. The second-order valence-corrected chi connectivity index (χ2v) is 5.65. The van der Waals surface area contributed by atoms with Crippen LogP contribution >= 0.6 is 11.6 Å². The van der Waals surface area contributed by atoms with Crippen molar-refractivity contribution in [2.24, 2.45) is 5.92 Å². The first-order valence-corrected chi connectivity index (χ1v) is 7.32. The zero-order chi connectivity index (χ0) is 13.7. The first kappa shape index (κ1) is 14.6. The molecule has 1 heterocycles. The Kier molecular flexibility index (Phi) is 5.49. The second-order valence-electron chi connectivity index (χ2n) is 5.25. The number of anilines is 1. The van der Waals surface area contributed by atoms with Gasteiger partial charge in [0.25, 0.3) is 0 Å². The number of nitrogens with zero attached hydrogens (tertiary/aromatic N) is 1. The van der Waals surface area contributed by atoms with Crippen LogP contribution in [-0.2, 0) is 4.74 Å². The molecule has 0 bridgehead atoms. The number of halogens is 1. The Labute approximate surface area is 120 Å². The first-order valence-electron chi connectivity index (χ1n) is 6.94. The number of piperidine rings is 1. The van der Waals surface area contributed by atoms with Gasteiger partial charge in [-0.3, -0.25) is 4.90 Å². The number of hydrogen-bond donors (Lipinski definition) is 1. The molecule has 0 saturated carbocycles. The van der Waals surface area contributed by atoms with Crippen molar-refractivity contribution in [3.8, 4) is 0 Å². The largest absolute Gasteiger partial charge is 0.383 e. The van der Waals surface area contributed by atoms with Crippen molar-refractivity contribution in [1.82, 2.24) is 4.90 Å². The van der Waals surface area contributed by atoms with Gasteiger partial charge < -0.3 is 10.1 Å². The average molecular weight is 283 g/mol. The molecular formula is C15H23ClN2O. The number of methoxy groups -OCH3 is 1. The van der Waals surface area contributed by atoms with Gasteiger partial charge in [0.15, 0.2) is 0 Å². The summed E-state index contributed by atoms with van der Waals surface area (Å²) in [5.41, 5.74) is 1.01. The molecule has 2 rings (SSSR count). The van der Waals surface area contributed by atoms with E-state index in [2.05, 4.69) is 17.1 Å². The molecule has 2 unspecified atom stereocenters. The third kappa shape index (κ3) is 4.10. The Bertz CT molecular complexity index is 399. The van der Waals surface area contributed by atoms with E-state index in [9.17, 15) is 0 Å². The molecule has 4 heteroatoms. The van der Waals surface area contributed by atoms with Crippen molar-refractivity contribution >= 4 is 17.3 Å². The summed E-state index contributed by atoms with van der Waals surface area (Å²) >= 11 is 6.11. The summed E-state index contributed by atoms with van der Waals surface area (Å²) in [6.45, 7) is 6.40. The van der Waals surface area contributed by atoms with Gasteiger partial charge in [0.1, 0.15) is 0 Å². The molecule has 19 heavy (non-hydrogen) atoms. The topological polar surface area (TPSA) is 24.5 Å². The minimum atomic E-state index is 0.370. The van der Waals surface area contributed by atoms with Crippen LogP contribution in [0.2, 0.25) is 5.02 Å². The SMILES string of the molecule is COC1CN(CCNc2ccccc2Cl)CCC1C. The van der Waals surface area contributed by atoms with Crippen LogP contribution in [0.5, 0.6) is 0 Å². The van der Waals surface area contributed by atoms with Crippen LogP contribution in [-0.4, -0.2) is 44.3 Å². The predicted molar refractivity (Wildman–Crippen MR) is 81.0 cm³/mol. The van der Waals surface area contributed by atoms with E-state index in [0.717, 1.165) is 36.9 Å². The highest BCUT2D eigenvalue weighted by molar-refractivity contribution is 6.33. The van der Waals surface area contributed by atoms with Crippen LogP contribution in [0.4, 0.5) is 5.69 Å².